The summed E-state index contributed by atoms with van der Waals surface area (Å²) in [5.74, 6) is 0. The summed E-state index contributed by atoms with van der Waals surface area (Å²) in [6, 6.07) is 0. The SMILES string of the molecule is O=P12C3CCCCCCCC3OC3CCCCCCCCC(OC4CCCCCCCC41)C32. The Hall–Kier alpha value is 0.150. The number of rotatable bonds is 0. The van der Waals surface area contributed by atoms with E-state index in [-0.39, 0.29) is 30.1 Å². The molecule has 0 bridgehead atoms. The Morgan fingerprint density at radius 3 is 1.09 bits per heavy atom. The van der Waals surface area contributed by atoms with E-state index in [1.165, 1.54) is 103 Å². The lowest BCUT2D eigenvalue weighted by molar-refractivity contribution is -0.103. The number of hydrogen-bond donors (Lipinski definition) is 0. The molecule has 2 aliphatic heterocycles. The maximum Gasteiger partial charge on any atom is 0.107 e. The van der Waals surface area contributed by atoms with Crippen molar-refractivity contribution in [3.8, 4) is 0 Å². The number of hydrogen-bond acceptors (Lipinski definition) is 3. The highest BCUT2D eigenvalue weighted by Crippen LogP contribution is 2.72. The average Bonchev–Trinajstić information content (AvgIpc) is 2.98. The van der Waals surface area contributed by atoms with Gasteiger partial charge in [0.05, 0.1) is 30.1 Å². The van der Waals surface area contributed by atoms with Crippen molar-refractivity contribution in [2.45, 2.75) is 183 Å². The van der Waals surface area contributed by atoms with Gasteiger partial charge >= 0.3 is 0 Å². The highest BCUT2D eigenvalue weighted by atomic mass is 31.2. The van der Waals surface area contributed by atoms with Crippen LogP contribution in [0.15, 0.2) is 0 Å². The van der Waals surface area contributed by atoms with Crippen LogP contribution in [0, 0.1) is 0 Å². The van der Waals surface area contributed by atoms with Gasteiger partial charge < -0.3 is 14.0 Å². The summed E-state index contributed by atoms with van der Waals surface area (Å²) < 4.78 is 30.0. The lowest BCUT2D eigenvalue weighted by Crippen LogP contribution is -2.59. The Balaban J connectivity index is 1.54. The van der Waals surface area contributed by atoms with Gasteiger partial charge in [-0.2, -0.15) is 0 Å². The first kappa shape index (κ1) is 24.8. The number of ether oxygens (including phenoxy) is 2. The molecule has 3 saturated carbocycles. The van der Waals surface area contributed by atoms with Gasteiger partial charge in [0.2, 0.25) is 0 Å². The van der Waals surface area contributed by atoms with Crippen LogP contribution < -0.4 is 0 Å². The molecule has 3 aliphatic carbocycles. The van der Waals surface area contributed by atoms with Crippen molar-refractivity contribution in [1.29, 1.82) is 0 Å². The second kappa shape index (κ2) is 11.9. The zero-order valence-electron chi connectivity index (χ0n) is 21.3. The first-order valence-corrected chi connectivity index (χ1v) is 17.1. The maximum atomic E-state index is 15.9. The van der Waals surface area contributed by atoms with Gasteiger partial charge in [0, 0.05) is 11.3 Å². The van der Waals surface area contributed by atoms with Crippen molar-refractivity contribution in [1.82, 2.24) is 0 Å². The second-order valence-electron chi connectivity index (χ2n) is 12.2. The monoisotopic (exact) mass is 478 g/mol. The first-order chi connectivity index (χ1) is 16.3. The van der Waals surface area contributed by atoms with Crippen molar-refractivity contribution >= 4 is 7.14 Å². The molecule has 2 heterocycles. The van der Waals surface area contributed by atoms with Crippen LogP contribution in [-0.2, 0) is 14.0 Å². The molecular formula is C29H51O3P. The predicted molar refractivity (Wildman–Crippen MR) is 138 cm³/mol. The van der Waals surface area contributed by atoms with Gasteiger partial charge in [-0.25, -0.2) is 0 Å². The molecule has 3 nitrogen and oxygen atoms in total. The minimum atomic E-state index is -2.44. The molecule has 2 saturated heterocycles. The standard InChI is InChI=1S/C29H51O3P/c30-33-27-21-15-9-3-7-11-17-23(27)31-25-19-13-5-1-2-6-14-20-26(29(25)33)32-24-18-12-8-4-10-16-22-28(24)33/h23-29H,1-22H2. The van der Waals surface area contributed by atoms with Crippen LogP contribution in [0.2, 0.25) is 0 Å². The van der Waals surface area contributed by atoms with E-state index in [1.807, 2.05) is 0 Å². The summed E-state index contributed by atoms with van der Waals surface area (Å²) in [6.07, 6.45) is 28.7. The third-order valence-electron chi connectivity index (χ3n) is 10.0. The minimum absolute atomic E-state index is 0.189. The Morgan fingerprint density at radius 2 is 0.697 bits per heavy atom. The Kier molecular flexibility index (Phi) is 8.97. The molecule has 190 valence electrons. The highest BCUT2D eigenvalue weighted by Gasteiger charge is 2.62. The van der Waals surface area contributed by atoms with E-state index in [0.717, 1.165) is 38.5 Å². The molecule has 0 N–H and O–H groups in total. The molecule has 4 heteroatoms. The fraction of sp³-hybridized carbons (Fsp3) is 1.00. The van der Waals surface area contributed by atoms with E-state index >= 15 is 4.57 Å². The summed E-state index contributed by atoms with van der Waals surface area (Å²) in [7, 11) is -2.44. The van der Waals surface area contributed by atoms with E-state index in [4.69, 9.17) is 9.47 Å². The van der Waals surface area contributed by atoms with Crippen LogP contribution in [-0.4, -0.2) is 41.4 Å². The van der Waals surface area contributed by atoms with Crippen LogP contribution in [0.3, 0.4) is 0 Å². The molecule has 6 unspecified atom stereocenters. The predicted octanol–water partition coefficient (Wildman–Crippen LogP) is 8.61. The quantitative estimate of drug-likeness (QED) is 0.327. The molecule has 0 aromatic rings. The zero-order chi connectivity index (χ0) is 22.5. The molecule has 0 aromatic carbocycles. The second-order valence-corrected chi connectivity index (χ2v) is 15.7. The highest BCUT2D eigenvalue weighted by molar-refractivity contribution is 7.66. The van der Waals surface area contributed by atoms with E-state index in [2.05, 4.69) is 0 Å². The fourth-order valence-corrected chi connectivity index (χ4v) is 13.9. The molecule has 0 aromatic heterocycles. The average molecular weight is 479 g/mol. The maximum absolute atomic E-state index is 15.9. The van der Waals surface area contributed by atoms with Crippen molar-refractivity contribution in [2.24, 2.45) is 0 Å². The summed E-state index contributed by atoms with van der Waals surface area (Å²) >= 11 is 0. The van der Waals surface area contributed by atoms with Gasteiger partial charge in [-0.1, -0.05) is 103 Å². The lowest BCUT2D eigenvalue weighted by Gasteiger charge is -2.57. The molecule has 0 radical (unpaired) electrons. The van der Waals surface area contributed by atoms with E-state index in [0.29, 0.717) is 11.3 Å². The fourth-order valence-electron chi connectivity index (χ4n) is 8.39. The summed E-state index contributed by atoms with van der Waals surface area (Å²) in [4.78, 5) is 0. The van der Waals surface area contributed by atoms with Crippen molar-refractivity contribution in [3.05, 3.63) is 0 Å². The van der Waals surface area contributed by atoms with Gasteiger partial charge in [-0.3, -0.25) is 0 Å². The van der Waals surface area contributed by atoms with Crippen LogP contribution in [0.4, 0.5) is 0 Å². The van der Waals surface area contributed by atoms with Gasteiger partial charge in [0.15, 0.2) is 0 Å². The van der Waals surface area contributed by atoms with Crippen molar-refractivity contribution in [3.63, 3.8) is 0 Å². The molecule has 5 aliphatic rings. The molecule has 33 heavy (non-hydrogen) atoms. The third-order valence-corrected chi connectivity index (χ3v) is 14.9. The minimum Gasteiger partial charge on any atom is -0.373 e. The Labute approximate surface area is 203 Å². The number of fused-ring (bicyclic) bond motifs is 4. The van der Waals surface area contributed by atoms with Crippen LogP contribution >= 0.6 is 7.14 Å². The van der Waals surface area contributed by atoms with Gasteiger partial charge in [0.1, 0.15) is 7.14 Å². The lowest BCUT2D eigenvalue weighted by atomic mass is 9.97. The van der Waals surface area contributed by atoms with E-state index in [1.54, 1.807) is 0 Å². The Morgan fingerprint density at radius 1 is 0.394 bits per heavy atom. The topological polar surface area (TPSA) is 35.5 Å². The van der Waals surface area contributed by atoms with Crippen molar-refractivity contribution in [2.75, 3.05) is 0 Å². The van der Waals surface area contributed by atoms with E-state index < -0.39 is 7.14 Å². The van der Waals surface area contributed by atoms with E-state index in [9.17, 15) is 0 Å². The molecular weight excluding hydrogens is 427 g/mol. The molecule has 5 fully saturated rings. The van der Waals surface area contributed by atoms with Gasteiger partial charge in [-0.05, 0) is 38.5 Å². The van der Waals surface area contributed by atoms with Crippen molar-refractivity contribution < 1.29 is 14.0 Å². The van der Waals surface area contributed by atoms with Gasteiger partial charge in [0.25, 0.3) is 0 Å². The largest absolute Gasteiger partial charge is 0.373 e. The van der Waals surface area contributed by atoms with Crippen LogP contribution in [0.1, 0.15) is 141 Å². The smallest absolute Gasteiger partial charge is 0.107 e. The molecule has 6 atom stereocenters. The Bertz CT molecular complexity index is 601. The summed E-state index contributed by atoms with van der Waals surface area (Å²) in [5, 5.41) is 0. The van der Waals surface area contributed by atoms with Crippen LogP contribution in [0.5, 0.6) is 0 Å². The first-order valence-electron chi connectivity index (χ1n) is 15.2. The molecule has 0 amide bonds. The van der Waals surface area contributed by atoms with Crippen LogP contribution in [0.25, 0.3) is 0 Å². The molecule has 5 rings (SSSR count). The third kappa shape index (κ3) is 5.46. The zero-order valence-corrected chi connectivity index (χ0v) is 22.2. The molecule has 0 spiro atoms. The summed E-state index contributed by atoms with van der Waals surface area (Å²) in [6.45, 7) is 0. The summed E-state index contributed by atoms with van der Waals surface area (Å²) in [5.41, 5.74) is 0.836. The normalized spacial score (nSPS) is 46.2. The van der Waals surface area contributed by atoms with Gasteiger partial charge in [-0.15, -0.1) is 0 Å².